The smallest absolute Gasteiger partial charge is 0.241 e. The Morgan fingerprint density at radius 3 is 2.67 bits per heavy atom. The van der Waals surface area contributed by atoms with E-state index in [1.54, 1.807) is 30.6 Å². The summed E-state index contributed by atoms with van der Waals surface area (Å²) in [5, 5.41) is 4.77. The third kappa shape index (κ3) is 5.23. The van der Waals surface area contributed by atoms with Crippen molar-refractivity contribution >= 4 is 26.9 Å². The number of aromatic nitrogens is 1. The van der Waals surface area contributed by atoms with Gasteiger partial charge in [0.05, 0.1) is 4.90 Å². The van der Waals surface area contributed by atoms with Crippen molar-refractivity contribution in [3.05, 3.63) is 78.6 Å². The summed E-state index contributed by atoms with van der Waals surface area (Å²) >= 11 is 0. The molecule has 5 nitrogen and oxygen atoms in total. The van der Waals surface area contributed by atoms with Gasteiger partial charge in [-0.1, -0.05) is 54.6 Å². The molecule has 3 aromatic rings. The van der Waals surface area contributed by atoms with Crippen molar-refractivity contribution in [3.8, 4) is 0 Å². The van der Waals surface area contributed by atoms with Gasteiger partial charge in [-0.2, -0.15) is 0 Å². The lowest BCUT2D eigenvalue weighted by Crippen LogP contribution is -2.35. The molecule has 0 bridgehead atoms. The zero-order valence-corrected chi connectivity index (χ0v) is 16.0. The topological polar surface area (TPSA) is 71.1 Å². The second-order valence-electron chi connectivity index (χ2n) is 6.26. The number of fused-ring (bicyclic) bond motifs is 1. The number of rotatable bonds is 8. The normalized spacial score (nSPS) is 13.2. The number of nitrogens with one attached hydrogen (secondary N) is 2. The molecule has 6 heteroatoms. The largest absolute Gasteiger partial charge is 0.309 e. The Kier molecular flexibility index (Phi) is 6.34. The number of sulfonamides is 1. The molecule has 0 radical (unpaired) electrons. The first-order valence-electron chi connectivity index (χ1n) is 8.85. The van der Waals surface area contributed by atoms with Crippen LogP contribution in [0, 0.1) is 0 Å². The Balaban J connectivity index is 1.54. The Hall–Kier alpha value is -2.54. The highest BCUT2D eigenvalue weighted by atomic mass is 32.2. The van der Waals surface area contributed by atoms with E-state index in [1.807, 2.05) is 49.4 Å². The van der Waals surface area contributed by atoms with Crippen LogP contribution in [-0.2, 0) is 10.0 Å². The van der Waals surface area contributed by atoms with E-state index < -0.39 is 10.0 Å². The predicted octanol–water partition coefficient (Wildman–Crippen LogP) is 3.20. The van der Waals surface area contributed by atoms with Crippen LogP contribution in [0.4, 0.5) is 0 Å². The van der Waals surface area contributed by atoms with Gasteiger partial charge in [-0.25, -0.2) is 13.1 Å². The molecule has 0 spiro atoms. The third-order valence-corrected chi connectivity index (χ3v) is 5.71. The Morgan fingerprint density at radius 2 is 1.85 bits per heavy atom. The van der Waals surface area contributed by atoms with E-state index in [0.717, 1.165) is 10.9 Å². The van der Waals surface area contributed by atoms with E-state index >= 15 is 0 Å². The summed E-state index contributed by atoms with van der Waals surface area (Å²) in [4.78, 5) is 4.32. The lowest BCUT2D eigenvalue weighted by atomic mass is 10.2. The van der Waals surface area contributed by atoms with Crippen molar-refractivity contribution in [2.24, 2.45) is 0 Å². The molecule has 3 rings (SSSR count). The summed E-state index contributed by atoms with van der Waals surface area (Å²) in [6.07, 6.45) is 7.37. The Labute approximate surface area is 160 Å². The van der Waals surface area contributed by atoms with E-state index in [-0.39, 0.29) is 10.9 Å². The minimum Gasteiger partial charge on any atom is -0.309 e. The summed E-state index contributed by atoms with van der Waals surface area (Å²) in [6.45, 7) is 2.88. The predicted molar refractivity (Wildman–Crippen MR) is 110 cm³/mol. The standard InChI is InChI=1S/C21H23N3O2S/c1-17(10-11-18-6-3-2-4-7-18)23-14-15-24-27(25,26)21-9-5-8-19-16-22-13-12-20(19)21/h2-13,16-17,23-24H,14-15H2,1H3. The highest BCUT2D eigenvalue weighted by molar-refractivity contribution is 7.89. The molecular weight excluding hydrogens is 358 g/mol. The summed E-state index contributed by atoms with van der Waals surface area (Å²) in [6, 6.07) is 17.1. The van der Waals surface area contributed by atoms with Crippen molar-refractivity contribution in [1.82, 2.24) is 15.0 Å². The maximum atomic E-state index is 12.6. The van der Waals surface area contributed by atoms with E-state index in [1.165, 1.54) is 0 Å². The average Bonchev–Trinajstić information content (AvgIpc) is 2.70. The van der Waals surface area contributed by atoms with Gasteiger partial charge in [0.15, 0.2) is 0 Å². The molecule has 0 fully saturated rings. The second kappa shape index (κ2) is 8.90. The molecule has 0 aliphatic carbocycles. The van der Waals surface area contributed by atoms with Crippen molar-refractivity contribution in [1.29, 1.82) is 0 Å². The minimum absolute atomic E-state index is 0.137. The molecule has 27 heavy (non-hydrogen) atoms. The molecule has 1 heterocycles. The van der Waals surface area contributed by atoms with Crippen molar-refractivity contribution in [3.63, 3.8) is 0 Å². The minimum atomic E-state index is -3.58. The van der Waals surface area contributed by atoms with E-state index in [4.69, 9.17) is 0 Å². The van der Waals surface area contributed by atoms with Crippen LogP contribution in [0.3, 0.4) is 0 Å². The van der Waals surface area contributed by atoms with Gasteiger partial charge in [-0.05, 0) is 24.6 Å². The van der Waals surface area contributed by atoms with Gasteiger partial charge in [0.2, 0.25) is 10.0 Å². The highest BCUT2D eigenvalue weighted by Crippen LogP contribution is 2.21. The molecule has 2 N–H and O–H groups in total. The number of pyridine rings is 1. The zero-order chi connectivity index (χ0) is 19.1. The van der Waals surface area contributed by atoms with Crippen LogP contribution in [0.15, 0.2) is 78.0 Å². The summed E-state index contributed by atoms with van der Waals surface area (Å²) in [5.41, 5.74) is 1.14. The molecule has 0 aliphatic heterocycles. The molecule has 0 saturated heterocycles. The zero-order valence-electron chi connectivity index (χ0n) is 15.2. The molecule has 2 aromatic carbocycles. The first kappa shape index (κ1) is 19.2. The van der Waals surface area contributed by atoms with Crippen LogP contribution in [-0.4, -0.2) is 32.5 Å². The fourth-order valence-electron chi connectivity index (χ4n) is 2.78. The molecule has 0 aliphatic rings. The van der Waals surface area contributed by atoms with E-state index in [2.05, 4.69) is 21.1 Å². The number of benzene rings is 2. The van der Waals surface area contributed by atoms with Gasteiger partial charge in [-0.3, -0.25) is 4.98 Å². The fourth-order valence-corrected chi connectivity index (χ4v) is 4.04. The van der Waals surface area contributed by atoms with Gasteiger partial charge < -0.3 is 5.32 Å². The monoisotopic (exact) mass is 381 g/mol. The molecule has 140 valence electrons. The third-order valence-electron chi connectivity index (χ3n) is 4.19. The van der Waals surface area contributed by atoms with E-state index in [9.17, 15) is 8.42 Å². The van der Waals surface area contributed by atoms with E-state index in [0.29, 0.717) is 18.5 Å². The summed E-state index contributed by atoms with van der Waals surface area (Å²) in [7, 11) is -3.58. The molecular formula is C21H23N3O2S. The number of hydrogen-bond donors (Lipinski definition) is 2. The van der Waals surface area contributed by atoms with Gasteiger partial charge in [0.25, 0.3) is 0 Å². The molecule has 0 amide bonds. The number of nitrogens with zero attached hydrogens (tertiary/aromatic N) is 1. The number of hydrogen-bond acceptors (Lipinski definition) is 4. The lowest BCUT2D eigenvalue weighted by Gasteiger charge is -2.12. The molecule has 1 aromatic heterocycles. The van der Waals surface area contributed by atoms with Crippen LogP contribution in [0.2, 0.25) is 0 Å². The van der Waals surface area contributed by atoms with Crippen LogP contribution in [0.25, 0.3) is 16.8 Å². The molecule has 1 unspecified atom stereocenters. The SMILES string of the molecule is CC(C=Cc1ccccc1)NCCNS(=O)(=O)c1cccc2cnccc12. The van der Waals surface area contributed by atoms with Crippen LogP contribution in [0.1, 0.15) is 12.5 Å². The van der Waals surface area contributed by atoms with Crippen molar-refractivity contribution in [2.75, 3.05) is 13.1 Å². The quantitative estimate of drug-likeness (QED) is 0.588. The van der Waals surface area contributed by atoms with Crippen molar-refractivity contribution in [2.45, 2.75) is 17.9 Å². The maximum Gasteiger partial charge on any atom is 0.241 e. The van der Waals surface area contributed by atoms with Crippen LogP contribution < -0.4 is 10.0 Å². The Bertz CT molecular complexity index is 1010. The average molecular weight is 382 g/mol. The van der Waals surface area contributed by atoms with Gasteiger partial charge in [0.1, 0.15) is 0 Å². The first-order chi connectivity index (χ1) is 13.1. The first-order valence-corrected chi connectivity index (χ1v) is 10.3. The highest BCUT2D eigenvalue weighted by Gasteiger charge is 2.16. The molecule has 1 atom stereocenters. The van der Waals surface area contributed by atoms with Crippen molar-refractivity contribution < 1.29 is 8.42 Å². The maximum absolute atomic E-state index is 12.6. The lowest BCUT2D eigenvalue weighted by molar-refractivity contribution is 0.571. The fraction of sp³-hybridized carbons (Fsp3) is 0.190. The van der Waals surface area contributed by atoms with Crippen LogP contribution >= 0.6 is 0 Å². The van der Waals surface area contributed by atoms with Gasteiger partial charge >= 0.3 is 0 Å². The van der Waals surface area contributed by atoms with Gasteiger partial charge in [-0.15, -0.1) is 0 Å². The summed E-state index contributed by atoms with van der Waals surface area (Å²) < 4.78 is 27.9. The Morgan fingerprint density at radius 1 is 1.04 bits per heavy atom. The molecule has 0 saturated carbocycles. The van der Waals surface area contributed by atoms with Crippen LogP contribution in [0.5, 0.6) is 0 Å². The van der Waals surface area contributed by atoms with Gasteiger partial charge in [0, 0.05) is 42.3 Å². The summed E-state index contributed by atoms with van der Waals surface area (Å²) in [5.74, 6) is 0. The second-order valence-corrected chi connectivity index (χ2v) is 8.00.